The highest BCUT2D eigenvalue weighted by Gasteiger charge is 2.14. The summed E-state index contributed by atoms with van der Waals surface area (Å²) in [5.74, 6) is 0.301. The second-order valence-electron chi connectivity index (χ2n) is 3.56. The molecule has 3 nitrogen and oxygen atoms in total. The van der Waals surface area contributed by atoms with Crippen LogP contribution in [-0.4, -0.2) is 17.4 Å². The molecule has 0 saturated heterocycles. The van der Waals surface area contributed by atoms with Gasteiger partial charge in [0, 0.05) is 18.4 Å². The molecule has 0 aliphatic heterocycles. The fraction of sp³-hybridized carbons (Fsp3) is 0.800. The number of carbonyl (C=O) groups is 1. The van der Waals surface area contributed by atoms with Crippen LogP contribution < -0.4 is 11.1 Å². The zero-order valence-corrected chi connectivity index (χ0v) is 9.99. The molecule has 0 aliphatic rings. The minimum absolute atomic E-state index is 0.0725. The van der Waals surface area contributed by atoms with E-state index in [0.717, 1.165) is 12.8 Å². The third-order valence-corrected chi connectivity index (χ3v) is 2.83. The molecule has 0 aliphatic carbocycles. The first-order valence-electron chi connectivity index (χ1n) is 5.09. The number of nitrogens with two attached hydrogens (primary N) is 1. The van der Waals surface area contributed by atoms with Crippen molar-refractivity contribution >= 4 is 23.1 Å². The van der Waals surface area contributed by atoms with Gasteiger partial charge in [-0.2, -0.15) is 0 Å². The molecule has 82 valence electrons. The second kappa shape index (κ2) is 6.76. The van der Waals surface area contributed by atoms with Crippen molar-refractivity contribution in [2.75, 3.05) is 6.54 Å². The van der Waals surface area contributed by atoms with E-state index in [1.807, 2.05) is 20.8 Å². The van der Waals surface area contributed by atoms with E-state index in [4.69, 9.17) is 18.0 Å². The maximum absolute atomic E-state index is 11.5. The first-order valence-corrected chi connectivity index (χ1v) is 5.50. The summed E-state index contributed by atoms with van der Waals surface area (Å²) in [6.45, 7) is 6.50. The Morgan fingerprint density at radius 1 is 1.43 bits per heavy atom. The average molecular weight is 216 g/mol. The fourth-order valence-electron chi connectivity index (χ4n) is 1.16. The number of carbonyl (C=O) groups excluding carboxylic acids is 1. The lowest BCUT2D eigenvalue weighted by Crippen LogP contribution is -2.36. The maximum Gasteiger partial charge on any atom is 0.223 e. The van der Waals surface area contributed by atoms with Gasteiger partial charge in [-0.15, -0.1) is 0 Å². The van der Waals surface area contributed by atoms with E-state index in [1.165, 1.54) is 0 Å². The molecule has 0 aromatic heterocycles. The van der Waals surface area contributed by atoms with Crippen LogP contribution in [0.1, 0.15) is 33.6 Å². The molecule has 1 amide bonds. The normalized spacial score (nSPS) is 12.6. The Hall–Kier alpha value is -0.640. The Morgan fingerprint density at radius 2 is 1.93 bits per heavy atom. The summed E-state index contributed by atoms with van der Waals surface area (Å²) in [5.41, 5.74) is 5.44. The lowest BCUT2D eigenvalue weighted by atomic mass is 10.0. The number of hydrogen-bond acceptors (Lipinski definition) is 2. The van der Waals surface area contributed by atoms with Gasteiger partial charge in [-0.3, -0.25) is 4.79 Å². The molecule has 0 aromatic rings. The van der Waals surface area contributed by atoms with Crippen LogP contribution in [0.5, 0.6) is 0 Å². The summed E-state index contributed by atoms with van der Waals surface area (Å²) in [6, 6.07) is 0. The summed E-state index contributed by atoms with van der Waals surface area (Å²) < 4.78 is 0. The molecule has 1 atom stereocenters. The summed E-state index contributed by atoms with van der Waals surface area (Å²) in [7, 11) is 0. The summed E-state index contributed by atoms with van der Waals surface area (Å²) >= 11 is 4.82. The molecular formula is C10H20N2OS. The molecule has 0 spiro atoms. The van der Waals surface area contributed by atoms with E-state index in [9.17, 15) is 4.79 Å². The van der Waals surface area contributed by atoms with Crippen molar-refractivity contribution in [3.05, 3.63) is 0 Å². The van der Waals surface area contributed by atoms with Gasteiger partial charge in [0.15, 0.2) is 0 Å². The van der Waals surface area contributed by atoms with Crippen molar-refractivity contribution in [1.82, 2.24) is 5.32 Å². The molecule has 0 saturated carbocycles. The van der Waals surface area contributed by atoms with Gasteiger partial charge in [0.2, 0.25) is 5.91 Å². The van der Waals surface area contributed by atoms with Crippen molar-refractivity contribution in [2.45, 2.75) is 33.6 Å². The fourth-order valence-corrected chi connectivity index (χ4v) is 1.24. The molecule has 0 rings (SSSR count). The van der Waals surface area contributed by atoms with E-state index in [-0.39, 0.29) is 17.7 Å². The largest absolute Gasteiger partial charge is 0.393 e. The van der Waals surface area contributed by atoms with E-state index < -0.39 is 0 Å². The molecule has 4 heteroatoms. The third kappa shape index (κ3) is 4.56. The zero-order chi connectivity index (χ0) is 11.1. The summed E-state index contributed by atoms with van der Waals surface area (Å²) in [5, 5.41) is 2.86. The zero-order valence-electron chi connectivity index (χ0n) is 9.17. The molecule has 0 radical (unpaired) electrons. The second-order valence-corrected chi connectivity index (χ2v) is 4.03. The van der Waals surface area contributed by atoms with Gasteiger partial charge in [-0.05, 0) is 12.8 Å². The Balaban J connectivity index is 3.89. The molecular weight excluding hydrogens is 196 g/mol. The van der Waals surface area contributed by atoms with Gasteiger partial charge in [0.05, 0.1) is 4.99 Å². The van der Waals surface area contributed by atoms with Crippen molar-refractivity contribution in [3.8, 4) is 0 Å². The molecule has 0 aromatic carbocycles. The third-order valence-electron chi connectivity index (χ3n) is 2.42. The quantitative estimate of drug-likeness (QED) is 0.661. The lowest BCUT2D eigenvalue weighted by molar-refractivity contribution is -0.125. The number of hydrogen-bond donors (Lipinski definition) is 2. The molecule has 0 bridgehead atoms. The number of thiocarbonyl (C=S) groups is 1. The van der Waals surface area contributed by atoms with E-state index in [2.05, 4.69) is 5.32 Å². The van der Waals surface area contributed by atoms with Crippen LogP contribution in [0, 0.1) is 11.8 Å². The van der Waals surface area contributed by atoms with Crippen LogP contribution in [0.2, 0.25) is 0 Å². The first kappa shape index (κ1) is 13.4. The molecule has 0 heterocycles. The SMILES string of the molecule is CCC(CC)C(=O)NCC(C)C(N)=S. The number of nitrogens with one attached hydrogen (secondary N) is 1. The predicted molar refractivity (Wildman–Crippen MR) is 63.0 cm³/mol. The van der Waals surface area contributed by atoms with Gasteiger partial charge in [-0.1, -0.05) is 33.0 Å². The molecule has 3 N–H and O–H groups in total. The Morgan fingerprint density at radius 3 is 2.29 bits per heavy atom. The van der Waals surface area contributed by atoms with Crippen LogP contribution in [0.3, 0.4) is 0 Å². The highest BCUT2D eigenvalue weighted by Crippen LogP contribution is 2.07. The van der Waals surface area contributed by atoms with Crippen LogP contribution in [-0.2, 0) is 4.79 Å². The van der Waals surface area contributed by atoms with Crippen molar-refractivity contribution in [1.29, 1.82) is 0 Å². The number of amides is 1. The number of rotatable bonds is 6. The van der Waals surface area contributed by atoms with Gasteiger partial charge >= 0.3 is 0 Å². The summed E-state index contributed by atoms with van der Waals surface area (Å²) in [6.07, 6.45) is 1.76. The summed E-state index contributed by atoms with van der Waals surface area (Å²) in [4.78, 5) is 12.0. The van der Waals surface area contributed by atoms with Crippen LogP contribution in [0.15, 0.2) is 0 Å². The minimum atomic E-state index is 0.0725. The van der Waals surface area contributed by atoms with E-state index in [1.54, 1.807) is 0 Å². The smallest absolute Gasteiger partial charge is 0.223 e. The predicted octanol–water partition coefficient (Wildman–Crippen LogP) is 1.46. The van der Waals surface area contributed by atoms with Crippen LogP contribution in [0.25, 0.3) is 0 Å². The van der Waals surface area contributed by atoms with Crippen molar-refractivity contribution in [2.24, 2.45) is 17.6 Å². The van der Waals surface area contributed by atoms with Gasteiger partial charge in [0.1, 0.15) is 0 Å². The highest BCUT2D eigenvalue weighted by molar-refractivity contribution is 7.80. The maximum atomic E-state index is 11.5. The van der Waals surface area contributed by atoms with Crippen molar-refractivity contribution in [3.63, 3.8) is 0 Å². The van der Waals surface area contributed by atoms with Crippen molar-refractivity contribution < 1.29 is 4.79 Å². The molecule has 14 heavy (non-hydrogen) atoms. The topological polar surface area (TPSA) is 55.1 Å². The Labute approximate surface area is 91.4 Å². The standard InChI is InChI=1S/C10H20N2OS/c1-4-8(5-2)10(13)12-6-7(3)9(11)14/h7-8H,4-6H2,1-3H3,(H2,11,14)(H,12,13). The van der Waals surface area contributed by atoms with Gasteiger partial charge in [0.25, 0.3) is 0 Å². The van der Waals surface area contributed by atoms with E-state index >= 15 is 0 Å². The van der Waals surface area contributed by atoms with Gasteiger partial charge in [-0.25, -0.2) is 0 Å². The average Bonchev–Trinajstić information content (AvgIpc) is 2.15. The van der Waals surface area contributed by atoms with Crippen LogP contribution >= 0.6 is 12.2 Å². The lowest BCUT2D eigenvalue weighted by Gasteiger charge is -2.15. The Kier molecular flexibility index (Phi) is 6.45. The minimum Gasteiger partial charge on any atom is -0.393 e. The first-order chi connectivity index (χ1) is 6.52. The molecule has 0 fully saturated rings. The highest BCUT2D eigenvalue weighted by atomic mass is 32.1. The molecule has 1 unspecified atom stereocenters. The van der Waals surface area contributed by atoms with Crippen LogP contribution in [0.4, 0.5) is 0 Å². The monoisotopic (exact) mass is 216 g/mol. The van der Waals surface area contributed by atoms with Gasteiger partial charge < -0.3 is 11.1 Å². The van der Waals surface area contributed by atoms with E-state index in [0.29, 0.717) is 11.5 Å². The Bertz CT molecular complexity index is 202.